The summed E-state index contributed by atoms with van der Waals surface area (Å²) in [5.74, 6) is 0.810. The van der Waals surface area contributed by atoms with Crippen LogP contribution in [0.2, 0.25) is 0 Å². The van der Waals surface area contributed by atoms with Crippen LogP contribution in [0.15, 0.2) is 17.5 Å². The highest BCUT2D eigenvalue weighted by Gasteiger charge is 2.20. The maximum Gasteiger partial charge on any atom is 0.0917 e. The molecule has 0 aromatic carbocycles. The smallest absolute Gasteiger partial charge is 0.0917 e. The van der Waals surface area contributed by atoms with Crippen molar-refractivity contribution in [3.8, 4) is 0 Å². The summed E-state index contributed by atoms with van der Waals surface area (Å²) in [6, 6.07) is 0. The molecule has 0 saturated carbocycles. The standard InChI is InChI=1S/C9H16N2O/c1-3-9-4-5-11(7-9)6-8(2)10-12/h9H,2-7H2,1H3. The molecule has 0 bridgehead atoms. The highest BCUT2D eigenvalue weighted by atomic mass is 16.3. The Kier molecular flexibility index (Phi) is 3.41. The van der Waals surface area contributed by atoms with Crippen LogP contribution in [-0.4, -0.2) is 24.5 Å². The van der Waals surface area contributed by atoms with Crippen LogP contribution in [0.25, 0.3) is 0 Å². The molecule has 0 aromatic heterocycles. The molecule has 1 rings (SSSR count). The van der Waals surface area contributed by atoms with E-state index in [0.29, 0.717) is 12.2 Å². The normalized spacial score (nSPS) is 24.2. The second-order valence-electron chi connectivity index (χ2n) is 3.46. The van der Waals surface area contributed by atoms with Gasteiger partial charge in [0.1, 0.15) is 0 Å². The fraction of sp³-hybridized carbons (Fsp3) is 0.778. The van der Waals surface area contributed by atoms with E-state index >= 15 is 0 Å². The first-order chi connectivity index (χ1) is 5.76. The van der Waals surface area contributed by atoms with Gasteiger partial charge in [-0.1, -0.05) is 19.9 Å². The Hall–Kier alpha value is -0.700. The van der Waals surface area contributed by atoms with Gasteiger partial charge < -0.3 is 0 Å². The molecule has 0 amide bonds. The first-order valence-corrected chi connectivity index (χ1v) is 4.49. The molecule has 3 heteroatoms. The summed E-state index contributed by atoms with van der Waals surface area (Å²) >= 11 is 0. The van der Waals surface area contributed by atoms with Crippen molar-refractivity contribution in [3.63, 3.8) is 0 Å². The predicted molar refractivity (Wildman–Crippen MR) is 49.8 cm³/mol. The van der Waals surface area contributed by atoms with E-state index in [1.54, 1.807) is 0 Å². The van der Waals surface area contributed by atoms with Crippen molar-refractivity contribution < 1.29 is 0 Å². The largest absolute Gasteiger partial charge is 0.297 e. The van der Waals surface area contributed by atoms with Crippen molar-refractivity contribution in [2.45, 2.75) is 19.8 Å². The lowest BCUT2D eigenvalue weighted by Crippen LogP contribution is -2.22. The summed E-state index contributed by atoms with van der Waals surface area (Å²) in [5.41, 5.74) is 0.451. The molecule has 0 radical (unpaired) electrons. The molecular formula is C9H16N2O. The van der Waals surface area contributed by atoms with E-state index in [2.05, 4.69) is 23.6 Å². The third kappa shape index (κ3) is 2.41. The average molecular weight is 168 g/mol. The zero-order valence-electron chi connectivity index (χ0n) is 7.62. The quantitative estimate of drug-likeness (QED) is 0.601. The maximum absolute atomic E-state index is 10.1. The minimum atomic E-state index is 0.451. The number of nitroso groups, excluding NO2 is 1. The van der Waals surface area contributed by atoms with Crippen LogP contribution in [-0.2, 0) is 0 Å². The Labute approximate surface area is 73.4 Å². The summed E-state index contributed by atoms with van der Waals surface area (Å²) in [6.45, 7) is 8.62. The van der Waals surface area contributed by atoms with Crippen molar-refractivity contribution >= 4 is 0 Å². The molecule has 0 spiro atoms. The van der Waals surface area contributed by atoms with Crippen molar-refractivity contribution in [1.82, 2.24) is 4.90 Å². The maximum atomic E-state index is 10.1. The molecule has 1 aliphatic heterocycles. The molecule has 0 N–H and O–H groups in total. The van der Waals surface area contributed by atoms with Gasteiger partial charge in [-0.3, -0.25) is 4.90 Å². The Balaban J connectivity index is 2.27. The van der Waals surface area contributed by atoms with Gasteiger partial charge in [-0.2, -0.15) is 0 Å². The number of nitrogens with zero attached hydrogens (tertiary/aromatic N) is 2. The third-order valence-corrected chi connectivity index (χ3v) is 2.48. The molecule has 1 aliphatic rings. The van der Waals surface area contributed by atoms with E-state index in [1.807, 2.05) is 0 Å². The minimum Gasteiger partial charge on any atom is -0.297 e. The number of hydrogen-bond donors (Lipinski definition) is 0. The lowest BCUT2D eigenvalue weighted by atomic mass is 10.1. The van der Waals surface area contributed by atoms with E-state index in [1.165, 1.54) is 12.8 Å². The fourth-order valence-corrected chi connectivity index (χ4v) is 1.68. The molecular weight excluding hydrogens is 152 g/mol. The number of likely N-dealkylation sites (tertiary alicyclic amines) is 1. The van der Waals surface area contributed by atoms with Gasteiger partial charge in [-0.05, 0) is 24.1 Å². The zero-order chi connectivity index (χ0) is 8.97. The Morgan fingerprint density at radius 2 is 2.50 bits per heavy atom. The zero-order valence-corrected chi connectivity index (χ0v) is 7.62. The summed E-state index contributed by atoms with van der Waals surface area (Å²) in [5, 5.41) is 2.82. The summed E-state index contributed by atoms with van der Waals surface area (Å²) in [6.07, 6.45) is 2.49. The second-order valence-corrected chi connectivity index (χ2v) is 3.46. The van der Waals surface area contributed by atoms with E-state index < -0.39 is 0 Å². The third-order valence-electron chi connectivity index (χ3n) is 2.48. The molecule has 0 aliphatic carbocycles. The monoisotopic (exact) mass is 168 g/mol. The minimum absolute atomic E-state index is 0.451. The number of hydrogen-bond acceptors (Lipinski definition) is 3. The molecule has 3 nitrogen and oxygen atoms in total. The van der Waals surface area contributed by atoms with Gasteiger partial charge in [-0.15, -0.1) is 4.91 Å². The van der Waals surface area contributed by atoms with E-state index in [0.717, 1.165) is 19.0 Å². The van der Waals surface area contributed by atoms with Gasteiger partial charge in [0.2, 0.25) is 0 Å². The lowest BCUT2D eigenvalue weighted by molar-refractivity contribution is 0.348. The van der Waals surface area contributed by atoms with E-state index in [-0.39, 0.29) is 0 Å². The Bertz CT molecular complexity index is 179. The molecule has 1 unspecified atom stereocenters. The second kappa shape index (κ2) is 4.36. The molecule has 0 aromatic rings. The molecule has 68 valence electrons. The number of rotatable bonds is 4. The van der Waals surface area contributed by atoms with Crippen molar-refractivity contribution in [2.75, 3.05) is 19.6 Å². The summed E-state index contributed by atoms with van der Waals surface area (Å²) < 4.78 is 0. The molecule has 1 saturated heterocycles. The fourth-order valence-electron chi connectivity index (χ4n) is 1.68. The van der Waals surface area contributed by atoms with E-state index in [9.17, 15) is 4.91 Å². The Morgan fingerprint density at radius 1 is 1.75 bits per heavy atom. The van der Waals surface area contributed by atoms with Crippen molar-refractivity contribution in [2.24, 2.45) is 11.1 Å². The van der Waals surface area contributed by atoms with Crippen LogP contribution in [0, 0.1) is 10.8 Å². The summed E-state index contributed by atoms with van der Waals surface area (Å²) in [4.78, 5) is 12.3. The molecule has 12 heavy (non-hydrogen) atoms. The highest BCUT2D eigenvalue weighted by molar-refractivity contribution is 4.95. The molecule has 1 fully saturated rings. The van der Waals surface area contributed by atoms with Crippen LogP contribution in [0.1, 0.15) is 19.8 Å². The SMILES string of the molecule is C=C(CN1CCC(CC)C1)N=O. The van der Waals surface area contributed by atoms with Crippen LogP contribution in [0.4, 0.5) is 0 Å². The predicted octanol–water partition coefficient (Wildman–Crippen LogP) is 2.00. The van der Waals surface area contributed by atoms with Gasteiger partial charge in [0.05, 0.1) is 5.70 Å². The van der Waals surface area contributed by atoms with Crippen LogP contribution in [0.3, 0.4) is 0 Å². The molecule has 1 atom stereocenters. The Morgan fingerprint density at radius 3 is 3.00 bits per heavy atom. The summed E-state index contributed by atoms with van der Waals surface area (Å²) in [7, 11) is 0. The van der Waals surface area contributed by atoms with E-state index in [4.69, 9.17) is 0 Å². The van der Waals surface area contributed by atoms with Crippen molar-refractivity contribution in [3.05, 3.63) is 17.2 Å². The highest BCUT2D eigenvalue weighted by Crippen LogP contribution is 2.19. The molecule has 1 heterocycles. The van der Waals surface area contributed by atoms with Gasteiger partial charge in [0.15, 0.2) is 0 Å². The van der Waals surface area contributed by atoms with Gasteiger partial charge in [0, 0.05) is 13.1 Å². The van der Waals surface area contributed by atoms with Crippen LogP contribution in [0.5, 0.6) is 0 Å². The van der Waals surface area contributed by atoms with Gasteiger partial charge >= 0.3 is 0 Å². The first-order valence-electron chi connectivity index (χ1n) is 4.49. The van der Waals surface area contributed by atoms with Gasteiger partial charge in [-0.25, -0.2) is 0 Å². The van der Waals surface area contributed by atoms with Crippen LogP contribution < -0.4 is 0 Å². The first kappa shape index (κ1) is 9.39. The van der Waals surface area contributed by atoms with Crippen LogP contribution >= 0.6 is 0 Å². The average Bonchev–Trinajstić information content (AvgIpc) is 2.52. The lowest BCUT2D eigenvalue weighted by Gasteiger charge is -2.13. The van der Waals surface area contributed by atoms with Crippen molar-refractivity contribution in [1.29, 1.82) is 0 Å². The topological polar surface area (TPSA) is 32.7 Å². The van der Waals surface area contributed by atoms with Gasteiger partial charge in [0.25, 0.3) is 0 Å².